The maximum Gasteiger partial charge on any atom is 0.341 e. The van der Waals surface area contributed by atoms with E-state index in [0.717, 1.165) is 10.6 Å². The molecule has 1 aliphatic heterocycles. The minimum absolute atomic E-state index is 0.122. The molecule has 1 heterocycles. The number of carboxylic acid groups (broad SMARTS) is 1. The number of carbonyl (C=O) groups excluding carboxylic acids is 1. The van der Waals surface area contributed by atoms with E-state index in [4.69, 9.17) is 5.11 Å². The zero-order valence-corrected chi connectivity index (χ0v) is 11.0. The van der Waals surface area contributed by atoms with Crippen molar-refractivity contribution in [3.8, 4) is 0 Å². The van der Waals surface area contributed by atoms with Crippen LogP contribution in [-0.2, 0) is 9.59 Å². The number of benzene rings is 1. The Bertz CT molecular complexity index is 526. The van der Waals surface area contributed by atoms with Gasteiger partial charge in [0.15, 0.2) is 5.78 Å². The number of rotatable bonds is 4. The lowest BCUT2D eigenvalue weighted by Crippen LogP contribution is -2.13. The molecule has 0 spiro atoms. The molecule has 0 amide bonds. The van der Waals surface area contributed by atoms with Crippen molar-refractivity contribution in [1.29, 1.82) is 0 Å². The zero-order valence-electron chi connectivity index (χ0n) is 9.33. The summed E-state index contributed by atoms with van der Waals surface area (Å²) in [4.78, 5) is 22.9. The van der Waals surface area contributed by atoms with Crippen molar-refractivity contribution in [2.75, 3.05) is 5.08 Å². The lowest BCUT2D eigenvalue weighted by Gasteiger charge is -2.16. The van der Waals surface area contributed by atoms with Crippen molar-refractivity contribution < 1.29 is 14.7 Å². The Hall–Kier alpha value is -1.46. The van der Waals surface area contributed by atoms with Gasteiger partial charge in [0.25, 0.3) is 0 Å². The average Bonchev–Trinajstić information content (AvgIpc) is 2.31. The molecule has 1 aliphatic rings. The summed E-state index contributed by atoms with van der Waals surface area (Å²) < 4.78 is 0.602. The summed E-state index contributed by atoms with van der Waals surface area (Å²) in [6, 6.07) is 9.30. The van der Waals surface area contributed by atoms with Crippen molar-refractivity contribution in [2.24, 2.45) is 0 Å². The Morgan fingerprint density at radius 3 is 2.33 bits per heavy atom. The summed E-state index contributed by atoms with van der Waals surface area (Å²) in [5.74, 6) is -1.62. The van der Waals surface area contributed by atoms with E-state index in [0.29, 0.717) is 4.24 Å². The summed E-state index contributed by atoms with van der Waals surface area (Å²) in [5.41, 5.74) is 0.748. The average molecular weight is 278 g/mol. The molecule has 0 atom stereocenters. The van der Waals surface area contributed by atoms with Crippen LogP contribution in [0.4, 0.5) is 0 Å². The van der Waals surface area contributed by atoms with E-state index in [9.17, 15) is 9.59 Å². The van der Waals surface area contributed by atoms with Gasteiger partial charge in [0.05, 0.1) is 4.24 Å². The fourth-order valence-electron chi connectivity index (χ4n) is 1.37. The van der Waals surface area contributed by atoms with E-state index < -0.39 is 11.8 Å². The first-order valence-corrected chi connectivity index (χ1v) is 7.16. The van der Waals surface area contributed by atoms with Crippen LogP contribution in [0.25, 0.3) is 6.08 Å². The Labute approximate surface area is 113 Å². The molecule has 0 bridgehead atoms. The smallest absolute Gasteiger partial charge is 0.341 e. The van der Waals surface area contributed by atoms with Crippen LogP contribution >= 0.6 is 23.5 Å². The van der Waals surface area contributed by atoms with Crippen LogP contribution in [0.5, 0.6) is 0 Å². The first-order chi connectivity index (χ1) is 8.68. The molecule has 1 saturated heterocycles. The SMILES string of the molecule is O=C(O)C(C(=O)C=Cc1ccccc1)=C1SCS1. The second kappa shape index (κ2) is 5.93. The van der Waals surface area contributed by atoms with Crippen LogP contribution in [0.2, 0.25) is 0 Å². The lowest BCUT2D eigenvalue weighted by molar-refractivity contribution is -0.134. The summed E-state index contributed by atoms with van der Waals surface area (Å²) in [5, 5.41) is 9.84. The molecule has 18 heavy (non-hydrogen) atoms. The van der Waals surface area contributed by atoms with Gasteiger partial charge in [-0.15, -0.1) is 23.5 Å². The second-order valence-corrected chi connectivity index (χ2v) is 6.08. The molecule has 0 aromatic heterocycles. The predicted octanol–water partition coefficient (Wildman–Crippen LogP) is 3.00. The van der Waals surface area contributed by atoms with Gasteiger partial charge in [0, 0.05) is 5.08 Å². The molecule has 3 nitrogen and oxygen atoms in total. The van der Waals surface area contributed by atoms with Gasteiger partial charge in [-0.2, -0.15) is 0 Å². The number of carboxylic acids is 1. The van der Waals surface area contributed by atoms with Crippen LogP contribution in [0.3, 0.4) is 0 Å². The molecule has 0 aliphatic carbocycles. The van der Waals surface area contributed by atoms with Gasteiger partial charge in [0.1, 0.15) is 5.57 Å². The third kappa shape index (κ3) is 3.05. The summed E-state index contributed by atoms with van der Waals surface area (Å²) in [7, 11) is 0. The molecule has 92 valence electrons. The van der Waals surface area contributed by atoms with Crippen molar-refractivity contribution in [1.82, 2.24) is 0 Å². The van der Waals surface area contributed by atoms with E-state index in [1.165, 1.54) is 29.6 Å². The fourth-order valence-corrected chi connectivity index (χ4v) is 2.98. The van der Waals surface area contributed by atoms with Gasteiger partial charge in [-0.05, 0) is 11.6 Å². The fraction of sp³-hybridized carbons (Fsp3) is 0.0769. The van der Waals surface area contributed by atoms with E-state index in [2.05, 4.69) is 0 Å². The third-order valence-electron chi connectivity index (χ3n) is 2.27. The quantitative estimate of drug-likeness (QED) is 0.521. The van der Waals surface area contributed by atoms with Gasteiger partial charge >= 0.3 is 5.97 Å². The molecule has 1 N–H and O–H groups in total. The van der Waals surface area contributed by atoms with Gasteiger partial charge in [-0.25, -0.2) is 4.79 Å². The van der Waals surface area contributed by atoms with Crippen LogP contribution in [0.1, 0.15) is 5.56 Å². The first kappa shape index (κ1) is 13.0. The summed E-state index contributed by atoms with van der Waals surface area (Å²) in [6.45, 7) is 0. The normalized spacial score (nSPS) is 14.3. The number of carbonyl (C=O) groups is 2. The third-order valence-corrected chi connectivity index (χ3v) is 4.85. The molecule has 1 fully saturated rings. The molecule has 2 rings (SSSR count). The van der Waals surface area contributed by atoms with Crippen LogP contribution in [-0.4, -0.2) is 21.9 Å². The summed E-state index contributed by atoms with van der Waals surface area (Å²) >= 11 is 2.80. The Morgan fingerprint density at radius 1 is 1.17 bits per heavy atom. The van der Waals surface area contributed by atoms with Crippen molar-refractivity contribution in [2.45, 2.75) is 0 Å². The first-order valence-electron chi connectivity index (χ1n) is 5.19. The van der Waals surface area contributed by atoms with Crippen LogP contribution in [0, 0.1) is 0 Å². The molecule has 0 saturated carbocycles. The molecule has 0 unspecified atom stereocenters. The zero-order chi connectivity index (χ0) is 13.0. The van der Waals surface area contributed by atoms with E-state index in [1.807, 2.05) is 30.3 Å². The maximum atomic E-state index is 11.8. The number of aliphatic carboxylic acids is 1. The number of ketones is 1. The Balaban J connectivity index is 2.16. The number of thioether (sulfide) groups is 2. The minimum Gasteiger partial charge on any atom is -0.477 e. The molecule has 1 aromatic rings. The van der Waals surface area contributed by atoms with Gasteiger partial charge in [-0.3, -0.25) is 4.79 Å². The number of hydrogen-bond acceptors (Lipinski definition) is 4. The van der Waals surface area contributed by atoms with Gasteiger partial charge in [-0.1, -0.05) is 36.4 Å². The number of hydrogen-bond donors (Lipinski definition) is 1. The van der Waals surface area contributed by atoms with E-state index >= 15 is 0 Å². The maximum absolute atomic E-state index is 11.8. The lowest BCUT2D eigenvalue weighted by atomic mass is 10.1. The van der Waals surface area contributed by atoms with Crippen molar-refractivity contribution >= 4 is 41.4 Å². The largest absolute Gasteiger partial charge is 0.477 e. The summed E-state index contributed by atoms with van der Waals surface area (Å²) in [6.07, 6.45) is 2.94. The Morgan fingerprint density at radius 2 is 1.83 bits per heavy atom. The monoisotopic (exact) mass is 278 g/mol. The number of allylic oxidation sites excluding steroid dienone is 1. The van der Waals surface area contributed by atoms with E-state index in [1.54, 1.807) is 6.08 Å². The van der Waals surface area contributed by atoms with Crippen molar-refractivity contribution in [3.63, 3.8) is 0 Å². The topological polar surface area (TPSA) is 54.4 Å². The van der Waals surface area contributed by atoms with Crippen LogP contribution in [0.15, 0.2) is 46.2 Å². The standard InChI is InChI=1S/C13H10O3S2/c14-10(7-6-9-4-2-1-3-5-9)11(12(15)16)13-17-8-18-13/h1-7H,8H2,(H,15,16). The molecular weight excluding hydrogens is 268 g/mol. The predicted molar refractivity (Wildman–Crippen MR) is 75.2 cm³/mol. The molecule has 0 radical (unpaired) electrons. The molecular formula is C13H10O3S2. The second-order valence-electron chi connectivity index (χ2n) is 3.48. The Kier molecular flexibility index (Phi) is 4.28. The molecule has 1 aromatic carbocycles. The van der Waals surface area contributed by atoms with E-state index in [-0.39, 0.29) is 5.57 Å². The highest BCUT2D eigenvalue weighted by molar-refractivity contribution is 8.37. The highest BCUT2D eigenvalue weighted by Gasteiger charge is 2.25. The van der Waals surface area contributed by atoms with Gasteiger partial charge in [0.2, 0.25) is 0 Å². The van der Waals surface area contributed by atoms with Crippen molar-refractivity contribution in [3.05, 3.63) is 51.8 Å². The van der Waals surface area contributed by atoms with Crippen LogP contribution < -0.4 is 0 Å². The highest BCUT2D eigenvalue weighted by Crippen LogP contribution is 2.45. The highest BCUT2D eigenvalue weighted by atomic mass is 32.3. The minimum atomic E-state index is -1.16. The van der Waals surface area contributed by atoms with Gasteiger partial charge < -0.3 is 5.11 Å². The molecule has 5 heteroatoms.